The van der Waals surface area contributed by atoms with Crippen LogP contribution in [0.15, 0.2) is 39.9 Å². The van der Waals surface area contributed by atoms with Crippen LogP contribution in [0.2, 0.25) is 0 Å². The van der Waals surface area contributed by atoms with Crippen LogP contribution in [-0.2, 0) is 7.05 Å². The molecular weight excluding hydrogens is 294 g/mol. The van der Waals surface area contributed by atoms with E-state index in [9.17, 15) is 4.79 Å². The van der Waals surface area contributed by atoms with E-state index in [1.165, 1.54) is 0 Å². The molecule has 7 heteroatoms. The SMILES string of the molecule is Cn1c(=O)c2c(-c3noc(C4CC4)n3)ncn2c2ccccc21. The van der Waals surface area contributed by atoms with E-state index in [4.69, 9.17) is 4.52 Å². The van der Waals surface area contributed by atoms with E-state index in [0.717, 1.165) is 23.9 Å². The van der Waals surface area contributed by atoms with Crippen LogP contribution in [0.25, 0.3) is 28.1 Å². The molecule has 0 bridgehead atoms. The predicted octanol–water partition coefficient (Wildman–Crippen LogP) is 2.11. The first-order valence-corrected chi connectivity index (χ1v) is 7.53. The molecule has 0 amide bonds. The fourth-order valence-electron chi connectivity index (χ4n) is 2.95. The van der Waals surface area contributed by atoms with E-state index >= 15 is 0 Å². The zero-order valence-corrected chi connectivity index (χ0v) is 12.4. The predicted molar refractivity (Wildman–Crippen MR) is 83.2 cm³/mol. The molecule has 23 heavy (non-hydrogen) atoms. The molecule has 7 nitrogen and oxygen atoms in total. The molecule has 3 aromatic heterocycles. The fraction of sp³-hybridized carbons (Fsp3) is 0.250. The Kier molecular flexibility index (Phi) is 2.34. The molecule has 0 radical (unpaired) electrons. The van der Waals surface area contributed by atoms with Gasteiger partial charge in [-0.15, -0.1) is 0 Å². The topological polar surface area (TPSA) is 78.2 Å². The van der Waals surface area contributed by atoms with Gasteiger partial charge in [0.1, 0.15) is 17.5 Å². The summed E-state index contributed by atoms with van der Waals surface area (Å²) in [7, 11) is 1.76. The molecule has 1 fully saturated rings. The minimum absolute atomic E-state index is 0.131. The lowest BCUT2D eigenvalue weighted by atomic mass is 10.2. The summed E-state index contributed by atoms with van der Waals surface area (Å²) in [5.41, 5.74) is 2.56. The highest BCUT2D eigenvalue weighted by Gasteiger charge is 2.30. The summed E-state index contributed by atoms with van der Waals surface area (Å²) in [6.07, 6.45) is 3.80. The minimum atomic E-state index is -0.131. The first kappa shape index (κ1) is 12.6. The van der Waals surface area contributed by atoms with Crippen molar-refractivity contribution >= 4 is 16.6 Å². The molecule has 1 aliphatic carbocycles. The molecule has 114 valence electrons. The van der Waals surface area contributed by atoms with E-state index < -0.39 is 0 Å². The average molecular weight is 307 g/mol. The molecule has 5 rings (SSSR count). The van der Waals surface area contributed by atoms with Gasteiger partial charge in [-0.3, -0.25) is 9.20 Å². The molecule has 1 aliphatic rings. The van der Waals surface area contributed by atoms with Crippen LogP contribution in [0.5, 0.6) is 0 Å². The molecule has 0 aliphatic heterocycles. The van der Waals surface area contributed by atoms with Crippen molar-refractivity contribution in [2.45, 2.75) is 18.8 Å². The van der Waals surface area contributed by atoms with Crippen molar-refractivity contribution in [3.63, 3.8) is 0 Å². The second kappa shape index (κ2) is 4.28. The van der Waals surface area contributed by atoms with Gasteiger partial charge in [0.15, 0.2) is 0 Å². The Morgan fingerprint density at radius 1 is 1.22 bits per heavy atom. The number of imidazole rings is 1. The molecule has 0 atom stereocenters. The zero-order valence-electron chi connectivity index (χ0n) is 12.4. The van der Waals surface area contributed by atoms with Crippen LogP contribution in [0.3, 0.4) is 0 Å². The molecule has 0 saturated heterocycles. The van der Waals surface area contributed by atoms with Gasteiger partial charge in [-0.05, 0) is 25.0 Å². The number of aromatic nitrogens is 5. The second-order valence-electron chi connectivity index (χ2n) is 5.90. The van der Waals surface area contributed by atoms with Crippen molar-refractivity contribution in [1.29, 1.82) is 0 Å². The molecule has 1 saturated carbocycles. The minimum Gasteiger partial charge on any atom is -0.339 e. The highest BCUT2D eigenvalue weighted by molar-refractivity contribution is 5.83. The quantitative estimate of drug-likeness (QED) is 0.567. The third-order valence-corrected chi connectivity index (χ3v) is 4.36. The highest BCUT2D eigenvalue weighted by atomic mass is 16.5. The Bertz CT molecular complexity index is 1120. The smallest absolute Gasteiger partial charge is 0.277 e. The lowest BCUT2D eigenvalue weighted by molar-refractivity contribution is 0.380. The van der Waals surface area contributed by atoms with E-state index in [1.807, 2.05) is 24.3 Å². The second-order valence-corrected chi connectivity index (χ2v) is 5.90. The van der Waals surface area contributed by atoms with Crippen LogP contribution in [0.4, 0.5) is 0 Å². The van der Waals surface area contributed by atoms with Crippen molar-refractivity contribution in [3.05, 3.63) is 46.8 Å². The third-order valence-electron chi connectivity index (χ3n) is 4.36. The van der Waals surface area contributed by atoms with Crippen LogP contribution >= 0.6 is 0 Å². The van der Waals surface area contributed by atoms with E-state index in [-0.39, 0.29) is 5.56 Å². The molecule has 0 N–H and O–H groups in total. The molecular formula is C16H13N5O2. The first-order chi connectivity index (χ1) is 11.2. The largest absolute Gasteiger partial charge is 0.339 e. The molecule has 4 aromatic rings. The van der Waals surface area contributed by atoms with Gasteiger partial charge in [-0.25, -0.2) is 4.98 Å². The monoisotopic (exact) mass is 307 g/mol. The molecule has 0 unspecified atom stereocenters. The molecule has 1 aromatic carbocycles. The van der Waals surface area contributed by atoms with Crippen LogP contribution in [-0.4, -0.2) is 24.1 Å². The Labute approximate surface area is 130 Å². The van der Waals surface area contributed by atoms with E-state index in [2.05, 4.69) is 15.1 Å². The normalized spacial score (nSPS) is 14.8. The Hall–Kier alpha value is -2.96. The molecule has 3 heterocycles. The summed E-state index contributed by atoms with van der Waals surface area (Å²) in [4.78, 5) is 21.6. The van der Waals surface area contributed by atoms with Crippen LogP contribution in [0, 0.1) is 0 Å². The third kappa shape index (κ3) is 1.70. The Morgan fingerprint density at radius 2 is 2.00 bits per heavy atom. The van der Waals surface area contributed by atoms with Crippen molar-refractivity contribution in [2.24, 2.45) is 7.05 Å². The lowest BCUT2D eigenvalue weighted by Gasteiger charge is -2.07. The van der Waals surface area contributed by atoms with Gasteiger partial charge in [-0.1, -0.05) is 17.3 Å². The van der Waals surface area contributed by atoms with Crippen molar-refractivity contribution in [1.82, 2.24) is 24.1 Å². The van der Waals surface area contributed by atoms with Crippen LogP contribution in [0.1, 0.15) is 24.7 Å². The lowest BCUT2D eigenvalue weighted by Crippen LogP contribution is -2.20. The number of benzene rings is 1. The number of fused-ring (bicyclic) bond motifs is 3. The Morgan fingerprint density at radius 3 is 2.78 bits per heavy atom. The number of para-hydroxylation sites is 2. The zero-order chi connectivity index (χ0) is 15.6. The summed E-state index contributed by atoms with van der Waals surface area (Å²) in [5, 5.41) is 4.01. The van der Waals surface area contributed by atoms with E-state index in [1.54, 1.807) is 22.3 Å². The van der Waals surface area contributed by atoms with Crippen molar-refractivity contribution in [2.75, 3.05) is 0 Å². The maximum atomic E-state index is 12.8. The standard InChI is InChI=1S/C16H13N5O2/c1-20-10-4-2-3-5-11(10)21-8-17-12(13(21)16(20)22)14-18-15(23-19-14)9-6-7-9/h2-5,8-9H,6-7H2,1H3. The summed E-state index contributed by atoms with van der Waals surface area (Å²) < 4.78 is 8.71. The fourth-order valence-corrected chi connectivity index (χ4v) is 2.95. The van der Waals surface area contributed by atoms with Crippen molar-refractivity contribution < 1.29 is 4.52 Å². The maximum absolute atomic E-state index is 12.8. The number of nitrogens with zero attached hydrogens (tertiary/aromatic N) is 5. The van der Waals surface area contributed by atoms with Gasteiger partial charge >= 0.3 is 0 Å². The summed E-state index contributed by atoms with van der Waals surface area (Å²) in [5.74, 6) is 1.38. The highest BCUT2D eigenvalue weighted by Crippen LogP contribution is 2.39. The van der Waals surface area contributed by atoms with Gasteiger partial charge in [-0.2, -0.15) is 4.98 Å². The van der Waals surface area contributed by atoms with Gasteiger partial charge in [0.05, 0.1) is 11.0 Å². The van der Waals surface area contributed by atoms with Crippen molar-refractivity contribution in [3.8, 4) is 11.5 Å². The summed E-state index contributed by atoms with van der Waals surface area (Å²) in [6, 6.07) is 7.71. The van der Waals surface area contributed by atoms with Gasteiger partial charge in [0.25, 0.3) is 5.56 Å². The van der Waals surface area contributed by atoms with E-state index in [0.29, 0.717) is 28.8 Å². The van der Waals surface area contributed by atoms with Gasteiger partial charge < -0.3 is 9.09 Å². The Balaban J connectivity index is 1.84. The van der Waals surface area contributed by atoms with Gasteiger partial charge in [0, 0.05) is 13.0 Å². The van der Waals surface area contributed by atoms with Crippen LogP contribution < -0.4 is 5.56 Å². The summed E-state index contributed by atoms with van der Waals surface area (Å²) >= 11 is 0. The van der Waals surface area contributed by atoms with Gasteiger partial charge in [0.2, 0.25) is 11.7 Å². The molecule has 0 spiro atoms. The maximum Gasteiger partial charge on any atom is 0.277 e. The first-order valence-electron chi connectivity index (χ1n) is 7.53. The number of hydrogen-bond acceptors (Lipinski definition) is 5. The number of aryl methyl sites for hydroxylation is 1. The number of rotatable bonds is 2. The average Bonchev–Trinajstić information content (AvgIpc) is 3.14. The summed E-state index contributed by atoms with van der Waals surface area (Å²) in [6.45, 7) is 0. The number of hydrogen-bond donors (Lipinski definition) is 0.